The van der Waals surface area contributed by atoms with E-state index in [1.165, 1.54) is 0 Å². The van der Waals surface area contributed by atoms with Gasteiger partial charge in [-0.05, 0) is 0 Å². The average Bonchev–Trinajstić information content (AvgIpc) is 2.14. The molecule has 96 valence electrons. The van der Waals surface area contributed by atoms with Gasteiger partial charge in [-0.1, -0.05) is 0 Å². The monoisotopic (exact) mass is 274 g/mol. The van der Waals surface area contributed by atoms with Gasteiger partial charge in [0.25, 0.3) is 7.82 Å². The summed E-state index contributed by atoms with van der Waals surface area (Å²) in [6.45, 7) is 2.47. The van der Waals surface area contributed by atoms with E-state index in [4.69, 9.17) is 36.3 Å². The zero-order chi connectivity index (χ0) is 12.9. The first-order valence-electron chi connectivity index (χ1n) is 4.21. The Kier molecular flexibility index (Phi) is 15.9. The van der Waals surface area contributed by atoms with Gasteiger partial charge in [-0.2, -0.15) is 0 Å². The summed E-state index contributed by atoms with van der Waals surface area (Å²) in [4.78, 5) is 22.9. The van der Waals surface area contributed by atoms with Crippen molar-refractivity contribution in [2.24, 2.45) is 0 Å². The van der Waals surface area contributed by atoms with Gasteiger partial charge >= 0.3 is 73.6 Å². The van der Waals surface area contributed by atoms with E-state index in [-0.39, 0.29) is 15.9 Å². The second-order valence-electron chi connectivity index (χ2n) is 2.31. The van der Waals surface area contributed by atoms with Crippen LogP contribution in [0, 0.1) is 0 Å². The van der Waals surface area contributed by atoms with E-state index in [9.17, 15) is 0 Å². The van der Waals surface area contributed by atoms with Crippen LogP contribution in [0.25, 0.3) is 0 Å². The molecule has 2 N–H and O–H groups in total. The second-order valence-corrected chi connectivity index (χ2v) is 4.15. The van der Waals surface area contributed by atoms with E-state index >= 15 is 0 Å². The first kappa shape index (κ1) is 18.8. The van der Waals surface area contributed by atoms with Crippen LogP contribution in [0.5, 0.6) is 0 Å². The molecule has 16 heavy (non-hydrogen) atoms. The third-order valence-electron chi connectivity index (χ3n) is 0.947. The van der Waals surface area contributed by atoms with Crippen molar-refractivity contribution >= 4 is 23.7 Å². The molecule has 0 saturated carbocycles. The molecule has 8 nitrogen and oxygen atoms in total. The van der Waals surface area contributed by atoms with Gasteiger partial charge in [0.1, 0.15) is 0 Å². The van der Waals surface area contributed by atoms with E-state index in [1.54, 1.807) is 14.2 Å². The van der Waals surface area contributed by atoms with Crippen LogP contribution in [0.1, 0.15) is 0 Å². The minimum atomic E-state index is -4.89. The molecule has 0 rings (SSSR count). The zero-order valence-electron chi connectivity index (χ0n) is 9.20. The summed E-state index contributed by atoms with van der Waals surface area (Å²) in [6.07, 6.45) is 0. The van der Waals surface area contributed by atoms with Crippen molar-refractivity contribution in [2.45, 2.75) is 0 Å². The standard InChI is InChI=1S/2C3H7O2.Al.H3O4P/c2*1-5-3-2-4;;1-5(2,3)4/h2*2-3H2,1H3;;(H3,1,2,3,4)/q2*-1;+3;/p-1. The van der Waals surface area contributed by atoms with Crippen molar-refractivity contribution in [3.63, 3.8) is 0 Å². The second kappa shape index (κ2) is 13.5. The average molecular weight is 274 g/mol. The molecular weight excluding hydrogens is 258 g/mol. The van der Waals surface area contributed by atoms with E-state index in [2.05, 4.69) is 0 Å². The molecule has 0 aliphatic heterocycles. The van der Waals surface area contributed by atoms with Crippen molar-refractivity contribution in [3.8, 4) is 0 Å². The van der Waals surface area contributed by atoms with Gasteiger partial charge in [0.15, 0.2) is 0 Å². The first-order chi connectivity index (χ1) is 7.41. The summed E-state index contributed by atoms with van der Waals surface area (Å²) >= 11 is -0.349. The molecule has 0 bridgehead atoms. The predicted molar refractivity (Wildman–Crippen MR) is 53.5 cm³/mol. The fourth-order valence-corrected chi connectivity index (χ4v) is 0.888. The maximum absolute atomic E-state index is 8.77. The molecule has 0 aromatic rings. The van der Waals surface area contributed by atoms with Crippen molar-refractivity contribution in [3.05, 3.63) is 0 Å². The number of rotatable bonds is 8. The van der Waals surface area contributed by atoms with E-state index in [0.29, 0.717) is 26.4 Å². The van der Waals surface area contributed by atoms with Crippen molar-refractivity contribution in [2.75, 3.05) is 40.6 Å². The molecule has 0 fully saturated rings. The molecule has 0 spiro atoms. The molecule has 0 atom stereocenters. The summed E-state index contributed by atoms with van der Waals surface area (Å²) in [7, 11) is -1.60. The fourth-order valence-electron chi connectivity index (χ4n) is 0.407. The molecule has 10 heteroatoms. The van der Waals surface area contributed by atoms with Gasteiger partial charge in [-0.25, -0.2) is 0 Å². The predicted octanol–water partition coefficient (Wildman–Crippen LogP) is -1.71. The largest absolute Gasteiger partial charge is 0.756 e. The van der Waals surface area contributed by atoms with Gasteiger partial charge in [0.05, 0.1) is 0 Å². The normalized spacial score (nSPS) is 10.3. The van der Waals surface area contributed by atoms with Gasteiger partial charge in [-0.3, -0.25) is 4.57 Å². The van der Waals surface area contributed by atoms with Crippen molar-refractivity contribution < 1.29 is 36.3 Å². The van der Waals surface area contributed by atoms with Crippen LogP contribution < -0.4 is 4.89 Å². The first-order valence-corrected chi connectivity index (χ1v) is 6.68. The van der Waals surface area contributed by atoms with Crippen molar-refractivity contribution in [1.82, 2.24) is 0 Å². The maximum atomic E-state index is 8.77. The number of ether oxygens (including phenoxy) is 2. The molecule has 0 aromatic carbocycles. The summed E-state index contributed by atoms with van der Waals surface area (Å²) in [5.74, 6) is 0. The Balaban J connectivity index is 0. The maximum Gasteiger partial charge on any atom is 0.262 e. The Morgan fingerprint density at radius 1 is 1.06 bits per heavy atom. The van der Waals surface area contributed by atoms with Crippen LogP contribution in [-0.2, 0) is 21.6 Å². The SMILES string of the molecule is COCC[O][Al+][O]CCOC.O=P([O-])(O)O. The number of hydrogen-bond acceptors (Lipinski definition) is 6. The third-order valence-corrected chi connectivity index (χ3v) is 1.69. The number of phosphoric acid groups is 1. The fraction of sp³-hybridized carbons (Fsp3) is 1.00. The molecular formula is C6H16AlO8P. The molecule has 0 aromatic heterocycles. The van der Waals surface area contributed by atoms with Crippen LogP contribution in [0.3, 0.4) is 0 Å². The zero-order valence-corrected chi connectivity index (χ0v) is 11.2. The number of methoxy groups -OCH3 is 2. The summed E-state index contributed by atoms with van der Waals surface area (Å²) in [5.41, 5.74) is 0. The van der Waals surface area contributed by atoms with Crippen LogP contribution in [0.15, 0.2) is 0 Å². The van der Waals surface area contributed by atoms with Crippen molar-refractivity contribution in [1.29, 1.82) is 0 Å². The quantitative estimate of drug-likeness (QED) is 0.305. The molecule has 0 radical (unpaired) electrons. The van der Waals surface area contributed by atoms with Gasteiger partial charge in [0.2, 0.25) is 0 Å². The summed E-state index contributed by atoms with van der Waals surface area (Å²) in [6, 6.07) is 0. The molecule has 0 aliphatic carbocycles. The van der Waals surface area contributed by atoms with E-state index in [1.807, 2.05) is 0 Å². The van der Waals surface area contributed by atoms with Gasteiger partial charge in [-0.15, -0.1) is 0 Å². The molecule has 0 heterocycles. The molecule has 0 aliphatic rings. The Labute approximate surface area is 101 Å². The van der Waals surface area contributed by atoms with Crippen LogP contribution >= 0.6 is 7.82 Å². The summed E-state index contributed by atoms with van der Waals surface area (Å²) < 4.78 is 28.5. The minimum absolute atomic E-state index is 0.349. The topological polar surface area (TPSA) is 118 Å². The third kappa shape index (κ3) is 36.6. The van der Waals surface area contributed by atoms with Crippen LogP contribution in [0.4, 0.5) is 0 Å². The Hall–Kier alpha value is 0.482. The van der Waals surface area contributed by atoms with E-state index in [0.717, 1.165) is 0 Å². The molecule has 0 saturated heterocycles. The van der Waals surface area contributed by atoms with Crippen LogP contribution in [-0.4, -0.2) is 66.3 Å². The molecule has 0 amide bonds. The van der Waals surface area contributed by atoms with Crippen LogP contribution in [0.2, 0.25) is 0 Å². The Morgan fingerprint density at radius 3 is 1.62 bits per heavy atom. The Bertz CT molecular complexity index is 158. The molecule has 0 unspecified atom stereocenters. The number of hydrogen-bond donors (Lipinski definition) is 2. The summed E-state index contributed by atoms with van der Waals surface area (Å²) in [5, 5.41) is 0. The Morgan fingerprint density at radius 2 is 1.38 bits per heavy atom. The van der Waals surface area contributed by atoms with Gasteiger partial charge < -0.3 is 14.7 Å². The smallest absolute Gasteiger partial charge is 0.262 e. The van der Waals surface area contributed by atoms with E-state index < -0.39 is 7.82 Å². The minimum Gasteiger partial charge on any atom is -0.756 e. The van der Waals surface area contributed by atoms with Gasteiger partial charge in [0, 0.05) is 0 Å².